The third kappa shape index (κ3) is 5.51. The van der Waals surface area contributed by atoms with Gasteiger partial charge < -0.3 is 19.5 Å². The topological polar surface area (TPSA) is 69.7 Å². The lowest BCUT2D eigenvalue weighted by Crippen LogP contribution is -2.25. The van der Waals surface area contributed by atoms with Crippen LogP contribution in [-0.2, 0) is 13.0 Å². The first-order valence-corrected chi connectivity index (χ1v) is 10.5. The molecular weight excluding hydrogens is 400 g/mol. The van der Waals surface area contributed by atoms with E-state index in [4.69, 9.17) is 14.2 Å². The molecule has 1 aromatic heterocycles. The first kappa shape index (κ1) is 21.6. The molecule has 1 heterocycles. The van der Waals surface area contributed by atoms with Crippen molar-refractivity contribution in [1.29, 1.82) is 0 Å². The molecule has 0 aliphatic rings. The number of benzene rings is 2. The van der Waals surface area contributed by atoms with E-state index < -0.39 is 0 Å². The second-order valence-electron chi connectivity index (χ2n) is 6.82. The molecule has 1 N–H and O–H groups in total. The second kappa shape index (κ2) is 10.1. The number of thiazole rings is 1. The van der Waals surface area contributed by atoms with Crippen LogP contribution in [0.4, 0.5) is 0 Å². The zero-order chi connectivity index (χ0) is 21.5. The van der Waals surface area contributed by atoms with E-state index in [-0.39, 0.29) is 5.91 Å². The third-order valence-electron chi connectivity index (χ3n) is 4.55. The third-order valence-corrected chi connectivity index (χ3v) is 5.68. The number of carbonyl (C=O) groups is 1. The maximum Gasteiger partial charge on any atom is 0.263 e. The Kier molecular flexibility index (Phi) is 7.30. The van der Waals surface area contributed by atoms with Gasteiger partial charge in [-0.25, -0.2) is 4.98 Å². The minimum Gasteiger partial charge on any atom is -0.493 e. The number of rotatable bonds is 9. The van der Waals surface area contributed by atoms with E-state index in [1.807, 2.05) is 56.3 Å². The fourth-order valence-electron chi connectivity index (χ4n) is 3.01. The number of carbonyl (C=O) groups excluding carboxylic acids is 1. The lowest BCUT2D eigenvalue weighted by Gasteiger charge is -2.10. The van der Waals surface area contributed by atoms with Crippen LogP contribution in [0.25, 0.3) is 0 Å². The molecule has 0 radical (unpaired) electrons. The van der Waals surface area contributed by atoms with E-state index in [0.717, 1.165) is 21.9 Å². The van der Waals surface area contributed by atoms with Crippen LogP contribution in [0.15, 0.2) is 42.5 Å². The molecule has 2 aromatic carbocycles. The maximum absolute atomic E-state index is 12.6. The van der Waals surface area contributed by atoms with E-state index in [9.17, 15) is 4.79 Å². The molecule has 0 aliphatic heterocycles. The molecule has 30 heavy (non-hydrogen) atoms. The Bertz CT molecular complexity index is 1020. The van der Waals surface area contributed by atoms with Gasteiger partial charge in [-0.05, 0) is 55.7 Å². The maximum atomic E-state index is 12.6. The smallest absolute Gasteiger partial charge is 0.263 e. The Morgan fingerprint density at radius 3 is 2.60 bits per heavy atom. The molecule has 0 spiro atoms. The van der Waals surface area contributed by atoms with Gasteiger partial charge in [-0.3, -0.25) is 4.79 Å². The Labute approximate surface area is 180 Å². The van der Waals surface area contributed by atoms with Gasteiger partial charge in [-0.2, -0.15) is 0 Å². The largest absolute Gasteiger partial charge is 0.493 e. The minimum absolute atomic E-state index is 0.118. The van der Waals surface area contributed by atoms with Gasteiger partial charge in [0.05, 0.1) is 19.9 Å². The van der Waals surface area contributed by atoms with Crippen molar-refractivity contribution in [3.8, 4) is 17.2 Å². The van der Waals surface area contributed by atoms with Gasteiger partial charge >= 0.3 is 0 Å². The van der Waals surface area contributed by atoms with E-state index in [2.05, 4.69) is 10.3 Å². The first-order chi connectivity index (χ1) is 14.5. The molecule has 3 rings (SSSR count). The molecule has 0 unspecified atom stereocenters. The number of hydrogen-bond donors (Lipinski definition) is 1. The van der Waals surface area contributed by atoms with Gasteiger partial charge in [-0.1, -0.05) is 18.2 Å². The van der Waals surface area contributed by atoms with E-state index in [1.54, 1.807) is 14.2 Å². The highest BCUT2D eigenvalue weighted by molar-refractivity contribution is 7.13. The van der Waals surface area contributed by atoms with Crippen LogP contribution in [0, 0.1) is 13.8 Å². The molecule has 158 valence electrons. The standard InChI is InChI=1S/C23H26N2O4S/c1-15-6-5-7-18(12-15)29-14-21-25-16(2)22(30-21)23(26)24-11-10-17-8-9-19(27-3)20(13-17)28-4/h5-9,12-13H,10-11,14H2,1-4H3,(H,24,26). The van der Waals surface area contributed by atoms with Crippen molar-refractivity contribution in [3.05, 3.63) is 69.2 Å². The summed E-state index contributed by atoms with van der Waals surface area (Å²) in [7, 11) is 3.21. The van der Waals surface area contributed by atoms with Crippen LogP contribution in [0.3, 0.4) is 0 Å². The predicted molar refractivity (Wildman–Crippen MR) is 118 cm³/mol. The normalized spacial score (nSPS) is 10.5. The Morgan fingerprint density at radius 1 is 1.07 bits per heavy atom. The Balaban J connectivity index is 1.54. The Morgan fingerprint density at radius 2 is 1.87 bits per heavy atom. The molecular formula is C23H26N2O4S. The highest BCUT2D eigenvalue weighted by Gasteiger charge is 2.15. The van der Waals surface area contributed by atoms with Crippen molar-refractivity contribution in [1.82, 2.24) is 10.3 Å². The van der Waals surface area contributed by atoms with Crippen molar-refractivity contribution >= 4 is 17.2 Å². The number of amides is 1. The zero-order valence-electron chi connectivity index (χ0n) is 17.7. The van der Waals surface area contributed by atoms with Gasteiger partial charge in [0.15, 0.2) is 11.5 Å². The van der Waals surface area contributed by atoms with Crippen molar-refractivity contribution in [2.45, 2.75) is 26.9 Å². The van der Waals surface area contributed by atoms with Crippen molar-refractivity contribution in [2.75, 3.05) is 20.8 Å². The molecule has 0 bridgehead atoms. The fraction of sp³-hybridized carbons (Fsp3) is 0.304. The highest BCUT2D eigenvalue weighted by atomic mass is 32.1. The fourth-order valence-corrected chi connectivity index (χ4v) is 3.91. The molecule has 1 amide bonds. The summed E-state index contributed by atoms with van der Waals surface area (Å²) in [6.45, 7) is 4.72. The number of methoxy groups -OCH3 is 2. The summed E-state index contributed by atoms with van der Waals surface area (Å²) >= 11 is 1.36. The van der Waals surface area contributed by atoms with Crippen molar-refractivity contribution < 1.29 is 19.0 Å². The first-order valence-electron chi connectivity index (χ1n) is 9.65. The summed E-state index contributed by atoms with van der Waals surface area (Å²) in [5, 5.41) is 3.74. The van der Waals surface area contributed by atoms with E-state index in [0.29, 0.717) is 41.6 Å². The number of ether oxygens (including phenoxy) is 3. The number of aromatic nitrogens is 1. The zero-order valence-corrected chi connectivity index (χ0v) is 18.5. The summed E-state index contributed by atoms with van der Waals surface area (Å²) in [6.07, 6.45) is 0.688. The quantitative estimate of drug-likeness (QED) is 0.552. The SMILES string of the molecule is COc1ccc(CCNC(=O)c2sc(COc3cccc(C)c3)nc2C)cc1OC. The average molecular weight is 427 g/mol. The number of nitrogens with zero attached hydrogens (tertiary/aromatic N) is 1. The molecule has 0 saturated heterocycles. The number of hydrogen-bond acceptors (Lipinski definition) is 6. The molecule has 6 nitrogen and oxygen atoms in total. The molecule has 0 atom stereocenters. The van der Waals surface area contributed by atoms with Crippen molar-refractivity contribution in [2.24, 2.45) is 0 Å². The lowest BCUT2D eigenvalue weighted by molar-refractivity contribution is 0.0957. The number of nitrogens with one attached hydrogen (secondary N) is 1. The summed E-state index contributed by atoms with van der Waals surface area (Å²) in [6, 6.07) is 13.6. The summed E-state index contributed by atoms with van der Waals surface area (Å²) in [4.78, 5) is 17.7. The molecule has 7 heteroatoms. The van der Waals surface area contributed by atoms with Crippen LogP contribution in [-0.4, -0.2) is 31.7 Å². The molecule has 0 fully saturated rings. The van der Waals surface area contributed by atoms with Gasteiger partial charge in [0.1, 0.15) is 22.2 Å². The van der Waals surface area contributed by atoms with Crippen LogP contribution in [0.5, 0.6) is 17.2 Å². The van der Waals surface area contributed by atoms with Crippen LogP contribution in [0.2, 0.25) is 0 Å². The summed E-state index contributed by atoms with van der Waals surface area (Å²) in [5.41, 5.74) is 2.91. The highest BCUT2D eigenvalue weighted by Crippen LogP contribution is 2.27. The lowest BCUT2D eigenvalue weighted by atomic mass is 10.1. The van der Waals surface area contributed by atoms with E-state index in [1.165, 1.54) is 11.3 Å². The van der Waals surface area contributed by atoms with Gasteiger partial charge in [0.25, 0.3) is 5.91 Å². The van der Waals surface area contributed by atoms with Crippen LogP contribution < -0.4 is 19.5 Å². The second-order valence-corrected chi connectivity index (χ2v) is 7.91. The summed E-state index contributed by atoms with van der Waals surface area (Å²) in [5.74, 6) is 2.04. The van der Waals surface area contributed by atoms with Crippen LogP contribution >= 0.6 is 11.3 Å². The van der Waals surface area contributed by atoms with E-state index >= 15 is 0 Å². The van der Waals surface area contributed by atoms with Crippen LogP contribution in [0.1, 0.15) is 31.5 Å². The summed E-state index contributed by atoms with van der Waals surface area (Å²) < 4.78 is 16.4. The molecule has 3 aromatic rings. The minimum atomic E-state index is -0.118. The molecule has 0 saturated carbocycles. The van der Waals surface area contributed by atoms with Gasteiger partial charge in [-0.15, -0.1) is 11.3 Å². The average Bonchev–Trinajstić information content (AvgIpc) is 3.12. The van der Waals surface area contributed by atoms with Gasteiger partial charge in [0, 0.05) is 6.54 Å². The predicted octanol–water partition coefficient (Wildman–Crippen LogP) is 4.33. The van der Waals surface area contributed by atoms with Crippen molar-refractivity contribution in [3.63, 3.8) is 0 Å². The van der Waals surface area contributed by atoms with Gasteiger partial charge in [0.2, 0.25) is 0 Å². The monoisotopic (exact) mass is 426 g/mol. The number of aryl methyl sites for hydroxylation is 2. The molecule has 0 aliphatic carbocycles. The Hall–Kier alpha value is -3.06.